The van der Waals surface area contributed by atoms with Gasteiger partial charge in [0, 0.05) is 31.3 Å². The summed E-state index contributed by atoms with van der Waals surface area (Å²) in [6.07, 6.45) is 2.01. The molecule has 1 aromatic rings. The smallest absolute Gasteiger partial charge is 0.352 e. The molecule has 0 aliphatic rings. The van der Waals surface area contributed by atoms with Crippen LogP contribution in [0.15, 0.2) is 17.2 Å². The van der Waals surface area contributed by atoms with Gasteiger partial charge >= 0.3 is 5.97 Å². The molecule has 7 nitrogen and oxygen atoms in total. The molecule has 1 heterocycles. The highest BCUT2D eigenvalue weighted by Gasteiger charge is 2.24. The van der Waals surface area contributed by atoms with Crippen LogP contribution in [0.1, 0.15) is 37.7 Å². The van der Waals surface area contributed by atoms with Crippen molar-refractivity contribution in [3.8, 4) is 0 Å². The summed E-state index contributed by atoms with van der Waals surface area (Å²) >= 11 is 0. The number of hydrogen-bond donors (Lipinski definition) is 3. The van der Waals surface area contributed by atoms with E-state index in [4.69, 9.17) is 10.2 Å². The third kappa shape index (κ3) is 4.55. The van der Waals surface area contributed by atoms with Crippen molar-refractivity contribution in [2.45, 2.75) is 38.6 Å². The molecule has 0 radical (unpaired) electrons. The minimum absolute atomic E-state index is 0.0568. The van der Waals surface area contributed by atoms with Crippen LogP contribution in [0.2, 0.25) is 0 Å². The van der Waals surface area contributed by atoms with Crippen molar-refractivity contribution in [2.75, 3.05) is 13.2 Å². The van der Waals surface area contributed by atoms with E-state index in [1.54, 1.807) is 13.8 Å². The fourth-order valence-corrected chi connectivity index (χ4v) is 2.95. The SMILES string of the molecule is CCCn1cc(S(=O)(=O)NCC(C)(C)CO)cc1C(=O)O. The normalized spacial score (nSPS) is 12.6. The number of nitrogens with zero attached hydrogens (tertiary/aromatic N) is 1. The number of aromatic carboxylic acids is 1. The molecule has 0 aromatic carbocycles. The van der Waals surface area contributed by atoms with Gasteiger partial charge in [-0.2, -0.15) is 0 Å². The van der Waals surface area contributed by atoms with Crippen LogP contribution in [0.3, 0.4) is 0 Å². The molecular weight excluding hydrogens is 296 g/mol. The molecule has 0 aliphatic carbocycles. The van der Waals surface area contributed by atoms with Crippen molar-refractivity contribution < 1.29 is 23.4 Å². The van der Waals surface area contributed by atoms with E-state index in [1.165, 1.54) is 10.8 Å². The molecule has 120 valence electrons. The van der Waals surface area contributed by atoms with Crippen LogP contribution < -0.4 is 4.72 Å². The molecule has 0 atom stereocenters. The minimum Gasteiger partial charge on any atom is -0.477 e. The van der Waals surface area contributed by atoms with E-state index < -0.39 is 21.4 Å². The van der Waals surface area contributed by atoms with Gasteiger partial charge in [-0.15, -0.1) is 0 Å². The number of aliphatic hydroxyl groups is 1. The molecule has 0 unspecified atom stereocenters. The third-order valence-electron chi connectivity index (χ3n) is 3.03. The van der Waals surface area contributed by atoms with E-state index in [2.05, 4.69) is 4.72 Å². The Balaban J connectivity index is 3.03. The van der Waals surface area contributed by atoms with Gasteiger partial charge in [-0.1, -0.05) is 20.8 Å². The van der Waals surface area contributed by atoms with E-state index in [1.807, 2.05) is 6.92 Å². The number of carbonyl (C=O) groups is 1. The Morgan fingerprint density at radius 1 is 1.43 bits per heavy atom. The maximum atomic E-state index is 12.2. The zero-order valence-electron chi connectivity index (χ0n) is 12.5. The first-order valence-corrected chi connectivity index (χ1v) is 8.15. The molecular formula is C13H22N2O5S. The number of aryl methyl sites for hydroxylation is 1. The maximum Gasteiger partial charge on any atom is 0.352 e. The van der Waals surface area contributed by atoms with Gasteiger partial charge in [0.1, 0.15) is 10.6 Å². The molecule has 0 spiro atoms. The summed E-state index contributed by atoms with van der Waals surface area (Å²) in [5.74, 6) is -1.17. The maximum absolute atomic E-state index is 12.2. The number of aromatic nitrogens is 1. The second-order valence-electron chi connectivity index (χ2n) is 5.71. The molecule has 21 heavy (non-hydrogen) atoms. The van der Waals surface area contributed by atoms with Crippen molar-refractivity contribution in [3.63, 3.8) is 0 Å². The number of nitrogens with one attached hydrogen (secondary N) is 1. The van der Waals surface area contributed by atoms with Crippen molar-refractivity contribution >= 4 is 16.0 Å². The molecule has 0 amide bonds. The van der Waals surface area contributed by atoms with Crippen LogP contribution in [0.25, 0.3) is 0 Å². The Labute approximate surface area is 124 Å². The highest BCUT2D eigenvalue weighted by atomic mass is 32.2. The van der Waals surface area contributed by atoms with Crippen molar-refractivity contribution in [3.05, 3.63) is 18.0 Å². The minimum atomic E-state index is -3.80. The molecule has 1 rings (SSSR count). The lowest BCUT2D eigenvalue weighted by atomic mass is 9.96. The molecule has 8 heteroatoms. The van der Waals surface area contributed by atoms with Gasteiger partial charge in [-0.25, -0.2) is 17.9 Å². The fraction of sp³-hybridized carbons (Fsp3) is 0.615. The number of aliphatic hydroxyl groups excluding tert-OH is 1. The largest absolute Gasteiger partial charge is 0.477 e. The van der Waals surface area contributed by atoms with Crippen LogP contribution >= 0.6 is 0 Å². The third-order valence-corrected chi connectivity index (χ3v) is 4.40. The van der Waals surface area contributed by atoms with Gasteiger partial charge in [0.15, 0.2) is 0 Å². The summed E-state index contributed by atoms with van der Waals surface area (Å²) in [5, 5.41) is 18.2. The predicted molar refractivity (Wildman–Crippen MR) is 77.7 cm³/mol. The molecule has 0 bridgehead atoms. The highest BCUT2D eigenvalue weighted by molar-refractivity contribution is 7.89. The Morgan fingerprint density at radius 3 is 2.52 bits per heavy atom. The monoisotopic (exact) mass is 318 g/mol. The second kappa shape index (κ2) is 6.59. The van der Waals surface area contributed by atoms with Crippen molar-refractivity contribution in [2.24, 2.45) is 5.41 Å². The number of sulfonamides is 1. The van der Waals surface area contributed by atoms with Crippen LogP contribution in [-0.4, -0.2) is 42.3 Å². The summed E-state index contributed by atoms with van der Waals surface area (Å²) in [4.78, 5) is 11.0. The van der Waals surface area contributed by atoms with Crippen LogP contribution in [-0.2, 0) is 16.6 Å². The van der Waals surface area contributed by atoms with Crippen LogP contribution in [0.5, 0.6) is 0 Å². The van der Waals surface area contributed by atoms with E-state index in [-0.39, 0.29) is 23.7 Å². The second-order valence-corrected chi connectivity index (χ2v) is 7.47. The first-order valence-electron chi connectivity index (χ1n) is 6.67. The lowest BCUT2D eigenvalue weighted by Crippen LogP contribution is -2.35. The molecule has 3 N–H and O–H groups in total. The predicted octanol–water partition coefficient (Wildman–Crippen LogP) is 0.893. The van der Waals surface area contributed by atoms with E-state index in [0.717, 1.165) is 6.07 Å². The van der Waals surface area contributed by atoms with Gasteiger partial charge in [-0.05, 0) is 12.5 Å². The Kier molecular flexibility index (Phi) is 5.54. The molecule has 0 aliphatic heterocycles. The highest BCUT2D eigenvalue weighted by Crippen LogP contribution is 2.17. The summed E-state index contributed by atoms with van der Waals surface area (Å²) in [6.45, 7) is 5.65. The topological polar surface area (TPSA) is 109 Å². The van der Waals surface area contributed by atoms with E-state index >= 15 is 0 Å². The number of rotatable bonds is 8. The fourth-order valence-electron chi connectivity index (χ4n) is 1.67. The van der Waals surface area contributed by atoms with Gasteiger partial charge in [0.2, 0.25) is 10.0 Å². The van der Waals surface area contributed by atoms with Crippen LogP contribution in [0, 0.1) is 5.41 Å². The van der Waals surface area contributed by atoms with E-state index in [0.29, 0.717) is 13.0 Å². The van der Waals surface area contributed by atoms with Crippen molar-refractivity contribution in [1.82, 2.24) is 9.29 Å². The first-order chi connectivity index (χ1) is 9.63. The van der Waals surface area contributed by atoms with Gasteiger partial charge in [0.25, 0.3) is 0 Å². The lowest BCUT2D eigenvalue weighted by molar-refractivity contribution is 0.0685. The first kappa shape index (κ1) is 17.7. The van der Waals surface area contributed by atoms with Crippen molar-refractivity contribution in [1.29, 1.82) is 0 Å². The number of hydrogen-bond acceptors (Lipinski definition) is 4. The zero-order valence-corrected chi connectivity index (χ0v) is 13.3. The summed E-state index contributed by atoms with van der Waals surface area (Å²) < 4.78 is 28.2. The molecule has 0 saturated heterocycles. The lowest BCUT2D eigenvalue weighted by Gasteiger charge is -2.21. The Morgan fingerprint density at radius 2 is 2.05 bits per heavy atom. The van der Waals surface area contributed by atoms with Crippen LogP contribution in [0.4, 0.5) is 0 Å². The quantitative estimate of drug-likeness (QED) is 0.659. The van der Waals surface area contributed by atoms with Gasteiger partial charge in [-0.3, -0.25) is 0 Å². The number of carboxylic acids is 1. The standard InChI is InChI=1S/C13H22N2O5S/c1-4-5-15-7-10(6-11(15)12(17)18)21(19,20)14-8-13(2,3)9-16/h6-7,14,16H,4-5,8-9H2,1-3H3,(H,17,18). The van der Waals surface area contributed by atoms with Gasteiger partial charge in [0.05, 0.1) is 0 Å². The molecule has 1 aromatic heterocycles. The summed E-state index contributed by atoms with van der Waals surface area (Å²) in [6, 6.07) is 1.15. The Hall–Kier alpha value is -1.38. The average Bonchev–Trinajstić information content (AvgIpc) is 2.82. The Bertz CT molecular complexity index is 604. The van der Waals surface area contributed by atoms with Gasteiger partial charge < -0.3 is 14.8 Å². The number of carboxylic acid groups (broad SMARTS) is 1. The molecule has 0 saturated carbocycles. The average molecular weight is 318 g/mol. The van der Waals surface area contributed by atoms with E-state index in [9.17, 15) is 13.2 Å². The molecule has 0 fully saturated rings. The summed E-state index contributed by atoms with van der Waals surface area (Å²) in [5.41, 5.74) is -0.645. The summed E-state index contributed by atoms with van der Waals surface area (Å²) in [7, 11) is -3.80. The zero-order chi connectivity index (χ0) is 16.3.